The number of amides is 1. The third-order valence-corrected chi connectivity index (χ3v) is 4.31. The molecule has 0 radical (unpaired) electrons. The summed E-state index contributed by atoms with van der Waals surface area (Å²) in [7, 11) is 2.04. The minimum Gasteiger partial charge on any atom is -0.397 e. The highest BCUT2D eigenvalue weighted by Gasteiger charge is 2.44. The topological polar surface area (TPSA) is 58.4 Å². The summed E-state index contributed by atoms with van der Waals surface area (Å²) in [4.78, 5) is 14.7. The molecule has 1 saturated carbocycles. The van der Waals surface area contributed by atoms with E-state index in [0.717, 1.165) is 43.6 Å². The van der Waals surface area contributed by atoms with E-state index in [9.17, 15) is 4.79 Å². The van der Waals surface area contributed by atoms with Gasteiger partial charge in [0, 0.05) is 13.6 Å². The number of rotatable bonds is 0. The number of hydrogen-bond acceptors (Lipinski definition) is 3. The zero-order valence-corrected chi connectivity index (χ0v) is 10.7. The fourth-order valence-electron chi connectivity index (χ4n) is 3.31. The van der Waals surface area contributed by atoms with Crippen molar-refractivity contribution in [2.75, 3.05) is 29.5 Å². The number of benzene rings is 1. The lowest BCUT2D eigenvalue weighted by Gasteiger charge is -2.29. The number of hydrogen-bond donors (Lipinski definition) is 2. The Kier molecular flexibility index (Phi) is 2.47. The lowest BCUT2D eigenvalue weighted by atomic mass is 9.85. The molecule has 1 aromatic rings. The van der Waals surface area contributed by atoms with E-state index in [2.05, 4.69) is 10.2 Å². The minimum atomic E-state index is -0.222. The van der Waals surface area contributed by atoms with E-state index in [1.807, 2.05) is 25.2 Å². The second-order valence-corrected chi connectivity index (χ2v) is 5.54. The van der Waals surface area contributed by atoms with Crippen molar-refractivity contribution in [3.05, 3.63) is 18.2 Å². The lowest BCUT2D eigenvalue weighted by Crippen LogP contribution is -2.40. The van der Waals surface area contributed by atoms with Crippen LogP contribution in [0.15, 0.2) is 18.2 Å². The molecule has 1 aliphatic carbocycles. The molecule has 3 N–H and O–H groups in total. The van der Waals surface area contributed by atoms with Crippen molar-refractivity contribution < 1.29 is 4.79 Å². The summed E-state index contributed by atoms with van der Waals surface area (Å²) in [5, 5.41) is 3.05. The van der Waals surface area contributed by atoms with Gasteiger partial charge in [-0.15, -0.1) is 0 Å². The smallest absolute Gasteiger partial charge is 0.232 e. The van der Waals surface area contributed by atoms with Crippen LogP contribution < -0.4 is 16.0 Å². The second kappa shape index (κ2) is 3.90. The maximum atomic E-state index is 12.5. The highest BCUT2D eigenvalue weighted by atomic mass is 16.2. The van der Waals surface area contributed by atoms with E-state index in [1.165, 1.54) is 0 Å². The molecule has 1 spiro atoms. The van der Waals surface area contributed by atoms with Crippen molar-refractivity contribution in [3.8, 4) is 0 Å². The first kappa shape index (κ1) is 11.4. The van der Waals surface area contributed by atoms with Crippen molar-refractivity contribution >= 4 is 23.0 Å². The standard InChI is InChI=1S/C14H19N3O/c1-17-9-14(7-2-3-8-14)13(18)16-12-10(15)5-4-6-11(12)17/h4-6H,2-3,7-9,15H2,1H3,(H,16,18). The van der Waals surface area contributed by atoms with Crippen LogP contribution in [-0.2, 0) is 4.79 Å². The zero-order valence-electron chi connectivity index (χ0n) is 10.7. The van der Waals surface area contributed by atoms with Gasteiger partial charge in [0.25, 0.3) is 0 Å². The van der Waals surface area contributed by atoms with Crippen molar-refractivity contribution in [3.63, 3.8) is 0 Å². The molecule has 0 bridgehead atoms. The van der Waals surface area contributed by atoms with Crippen molar-refractivity contribution in [1.29, 1.82) is 0 Å². The molecule has 1 amide bonds. The van der Waals surface area contributed by atoms with Crippen molar-refractivity contribution in [2.45, 2.75) is 25.7 Å². The Morgan fingerprint density at radius 3 is 2.78 bits per heavy atom. The van der Waals surface area contributed by atoms with Crippen LogP contribution in [0.25, 0.3) is 0 Å². The minimum absolute atomic E-state index is 0.142. The Labute approximate surface area is 107 Å². The molecule has 0 aromatic heterocycles. The van der Waals surface area contributed by atoms with Gasteiger partial charge in [-0.1, -0.05) is 18.9 Å². The van der Waals surface area contributed by atoms with Gasteiger partial charge in [0.1, 0.15) is 0 Å². The predicted molar refractivity (Wildman–Crippen MR) is 73.7 cm³/mol. The molecule has 96 valence electrons. The Bertz CT molecular complexity index is 492. The van der Waals surface area contributed by atoms with Gasteiger partial charge in [-0.3, -0.25) is 4.79 Å². The number of nitrogens with one attached hydrogen (secondary N) is 1. The summed E-state index contributed by atoms with van der Waals surface area (Å²) in [6, 6.07) is 5.78. The van der Waals surface area contributed by atoms with E-state index >= 15 is 0 Å². The highest BCUT2D eigenvalue weighted by Crippen LogP contribution is 2.44. The Morgan fingerprint density at radius 1 is 1.33 bits per heavy atom. The SMILES string of the molecule is CN1CC2(CCCC2)C(=O)Nc2c(N)cccc21. The molecule has 1 aromatic carbocycles. The van der Waals surface area contributed by atoms with Crippen LogP contribution >= 0.6 is 0 Å². The molecule has 2 aliphatic rings. The summed E-state index contributed by atoms with van der Waals surface area (Å²) in [5.74, 6) is 0.142. The average Bonchev–Trinajstić information content (AvgIpc) is 2.77. The van der Waals surface area contributed by atoms with Gasteiger partial charge in [-0.2, -0.15) is 0 Å². The third-order valence-electron chi connectivity index (χ3n) is 4.31. The summed E-state index contributed by atoms with van der Waals surface area (Å²) < 4.78 is 0. The van der Waals surface area contributed by atoms with Crippen LogP contribution in [0.5, 0.6) is 0 Å². The quantitative estimate of drug-likeness (QED) is 0.689. The monoisotopic (exact) mass is 245 g/mol. The van der Waals surface area contributed by atoms with Gasteiger partial charge < -0.3 is 16.0 Å². The fourth-order valence-corrected chi connectivity index (χ4v) is 3.31. The molecular weight excluding hydrogens is 226 g/mol. The van der Waals surface area contributed by atoms with Gasteiger partial charge in [0.15, 0.2) is 0 Å². The Balaban J connectivity index is 2.06. The van der Waals surface area contributed by atoms with Crippen LogP contribution in [0, 0.1) is 5.41 Å². The predicted octanol–water partition coefficient (Wildman–Crippen LogP) is 2.22. The van der Waals surface area contributed by atoms with E-state index in [0.29, 0.717) is 5.69 Å². The molecule has 18 heavy (non-hydrogen) atoms. The molecule has 0 saturated heterocycles. The number of para-hydroxylation sites is 1. The van der Waals surface area contributed by atoms with Crippen LogP contribution in [0.4, 0.5) is 17.1 Å². The molecule has 4 nitrogen and oxygen atoms in total. The summed E-state index contributed by atoms with van der Waals surface area (Å²) >= 11 is 0. The molecule has 1 fully saturated rings. The molecule has 3 rings (SSSR count). The fraction of sp³-hybridized carbons (Fsp3) is 0.500. The number of fused-ring (bicyclic) bond motifs is 1. The Hall–Kier alpha value is -1.71. The summed E-state index contributed by atoms with van der Waals surface area (Å²) in [6.07, 6.45) is 4.26. The summed E-state index contributed by atoms with van der Waals surface area (Å²) in [5.41, 5.74) is 8.19. The molecular formula is C14H19N3O. The molecule has 1 aliphatic heterocycles. The third kappa shape index (κ3) is 1.55. The van der Waals surface area contributed by atoms with Crippen LogP contribution in [0.3, 0.4) is 0 Å². The number of nitrogen functional groups attached to an aromatic ring is 1. The lowest BCUT2D eigenvalue weighted by molar-refractivity contribution is -0.124. The number of nitrogens with two attached hydrogens (primary N) is 1. The maximum Gasteiger partial charge on any atom is 0.232 e. The van der Waals surface area contributed by atoms with E-state index < -0.39 is 0 Å². The van der Waals surface area contributed by atoms with E-state index in [-0.39, 0.29) is 11.3 Å². The van der Waals surface area contributed by atoms with Gasteiger partial charge >= 0.3 is 0 Å². The first-order valence-corrected chi connectivity index (χ1v) is 6.53. The molecule has 4 heteroatoms. The van der Waals surface area contributed by atoms with E-state index in [4.69, 9.17) is 5.73 Å². The summed E-state index contributed by atoms with van der Waals surface area (Å²) in [6.45, 7) is 0.787. The van der Waals surface area contributed by atoms with Crippen LogP contribution in [0.1, 0.15) is 25.7 Å². The first-order chi connectivity index (χ1) is 8.62. The molecule has 1 heterocycles. The van der Waals surface area contributed by atoms with Gasteiger partial charge in [-0.25, -0.2) is 0 Å². The van der Waals surface area contributed by atoms with Crippen molar-refractivity contribution in [2.24, 2.45) is 5.41 Å². The Morgan fingerprint density at radius 2 is 2.06 bits per heavy atom. The van der Waals surface area contributed by atoms with Crippen LogP contribution in [-0.4, -0.2) is 19.5 Å². The maximum absolute atomic E-state index is 12.5. The van der Waals surface area contributed by atoms with Gasteiger partial charge in [0.05, 0.1) is 22.5 Å². The number of carbonyl (C=O) groups excluding carboxylic acids is 1. The second-order valence-electron chi connectivity index (χ2n) is 5.54. The highest BCUT2D eigenvalue weighted by molar-refractivity contribution is 6.03. The van der Waals surface area contributed by atoms with Gasteiger partial charge in [-0.05, 0) is 25.0 Å². The first-order valence-electron chi connectivity index (χ1n) is 6.53. The largest absolute Gasteiger partial charge is 0.397 e. The van der Waals surface area contributed by atoms with Crippen molar-refractivity contribution in [1.82, 2.24) is 0 Å². The normalized spacial score (nSPS) is 21.6. The zero-order chi connectivity index (χ0) is 12.8. The average molecular weight is 245 g/mol. The molecule has 0 unspecified atom stereocenters. The van der Waals surface area contributed by atoms with E-state index in [1.54, 1.807) is 0 Å². The van der Waals surface area contributed by atoms with Crippen LogP contribution in [0.2, 0.25) is 0 Å². The van der Waals surface area contributed by atoms with Gasteiger partial charge in [0.2, 0.25) is 5.91 Å². The number of carbonyl (C=O) groups is 1. The number of nitrogens with zero attached hydrogens (tertiary/aromatic N) is 1. The molecule has 0 atom stereocenters. The number of anilines is 3.